The number of hydrogen-bond acceptors (Lipinski definition) is 3. The van der Waals surface area contributed by atoms with Crippen molar-refractivity contribution in [1.82, 2.24) is 14.7 Å². The minimum Gasteiger partial charge on any atom is -0.477 e. The van der Waals surface area contributed by atoms with Gasteiger partial charge >= 0.3 is 5.97 Å². The fraction of sp³-hybridized carbons (Fsp3) is 0.583. The fourth-order valence-electron chi connectivity index (χ4n) is 2.43. The van der Waals surface area contributed by atoms with Crippen LogP contribution in [0.5, 0.6) is 0 Å². The maximum atomic E-state index is 11.4. The van der Waals surface area contributed by atoms with Crippen LogP contribution in [0.15, 0.2) is 6.20 Å². The zero-order valence-electron chi connectivity index (χ0n) is 10.6. The standard InChI is InChI=1S/C12H17N3O3/c1-8-6-13-15(11(8)12(17)18)10-4-3-5-14(7-10)9(2)16/h6,10H,3-5,7H2,1-2H3,(H,17,18). The molecule has 6 nitrogen and oxygen atoms in total. The SMILES string of the molecule is CC(=O)N1CCCC(n2ncc(C)c2C(=O)O)C1. The zero-order chi connectivity index (χ0) is 13.3. The van der Waals surface area contributed by atoms with E-state index >= 15 is 0 Å². The second kappa shape index (κ2) is 4.80. The molecule has 2 rings (SSSR count). The third kappa shape index (κ3) is 2.23. The summed E-state index contributed by atoms with van der Waals surface area (Å²) in [6, 6.07) is -0.0394. The summed E-state index contributed by atoms with van der Waals surface area (Å²) in [4.78, 5) is 24.3. The molecule has 0 bridgehead atoms. The summed E-state index contributed by atoms with van der Waals surface area (Å²) in [7, 11) is 0. The van der Waals surface area contributed by atoms with E-state index in [4.69, 9.17) is 0 Å². The Labute approximate surface area is 105 Å². The summed E-state index contributed by atoms with van der Waals surface area (Å²) in [5.41, 5.74) is 0.882. The topological polar surface area (TPSA) is 75.4 Å². The van der Waals surface area contributed by atoms with Crippen molar-refractivity contribution in [3.63, 3.8) is 0 Å². The maximum absolute atomic E-state index is 11.4. The van der Waals surface area contributed by atoms with Crippen molar-refractivity contribution < 1.29 is 14.7 Å². The quantitative estimate of drug-likeness (QED) is 0.853. The van der Waals surface area contributed by atoms with E-state index in [1.165, 1.54) is 6.92 Å². The Balaban J connectivity index is 2.26. The molecule has 2 heterocycles. The Bertz CT molecular complexity index is 481. The molecule has 0 saturated carbocycles. The van der Waals surface area contributed by atoms with Crippen LogP contribution in [0.2, 0.25) is 0 Å². The van der Waals surface area contributed by atoms with Crippen LogP contribution in [0.3, 0.4) is 0 Å². The van der Waals surface area contributed by atoms with Crippen molar-refractivity contribution in [1.29, 1.82) is 0 Å². The molecule has 1 aliphatic heterocycles. The van der Waals surface area contributed by atoms with Crippen molar-refractivity contribution in [2.75, 3.05) is 13.1 Å². The van der Waals surface area contributed by atoms with Crippen LogP contribution < -0.4 is 0 Å². The lowest BCUT2D eigenvalue weighted by molar-refractivity contribution is -0.130. The van der Waals surface area contributed by atoms with E-state index in [0.717, 1.165) is 19.4 Å². The molecular weight excluding hydrogens is 234 g/mol. The van der Waals surface area contributed by atoms with Gasteiger partial charge in [-0.15, -0.1) is 0 Å². The Morgan fingerprint density at radius 2 is 2.22 bits per heavy atom. The molecule has 1 N–H and O–H groups in total. The number of aryl methyl sites for hydroxylation is 1. The Morgan fingerprint density at radius 1 is 1.50 bits per heavy atom. The smallest absolute Gasteiger partial charge is 0.354 e. The van der Waals surface area contributed by atoms with Crippen LogP contribution in [0.4, 0.5) is 0 Å². The summed E-state index contributed by atoms with van der Waals surface area (Å²) in [6.45, 7) is 4.55. The van der Waals surface area contributed by atoms with Crippen LogP contribution in [0.1, 0.15) is 41.9 Å². The van der Waals surface area contributed by atoms with Crippen LogP contribution in [0, 0.1) is 6.92 Å². The van der Waals surface area contributed by atoms with Crippen molar-refractivity contribution in [2.24, 2.45) is 0 Å². The van der Waals surface area contributed by atoms with Crippen LogP contribution in [-0.2, 0) is 4.79 Å². The van der Waals surface area contributed by atoms with Gasteiger partial charge in [0.05, 0.1) is 12.2 Å². The predicted octanol–water partition coefficient (Wildman–Crippen LogP) is 1.07. The number of carbonyl (C=O) groups excluding carboxylic acids is 1. The lowest BCUT2D eigenvalue weighted by Crippen LogP contribution is -2.40. The average Bonchev–Trinajstić information content (AvgIpc) is 2.71. The molecule has 0 radical (unpaired) electrons. The molecule has 1 fully saturated rings. The van der Waals surface area contributed by atoms with Crippen LogP contribution in [-0.4, -0.2) is 44.8 Å². The number of amides is 1. The highest BCUT2D eigenvalue weighted by Gasteiger charge is 2.27. The second-order valence-electron chi connectivity index (χ2n) is 4.69. The molecular formula is C12H17N3O3. The van der Waals surface area contributed by atoms with Gasteiger partial charge in [-0.25, -0.2) is 4.79 Å². The lowest BCUT2D eigenvalue weighted by atomic mass is 10.1. The van der Waals surface area contributed by atoms with Crippen LogP contribution in [0.25, 0.3) is 0 Å². The number of carboxylic acid groups (broad SMARTS) is 1. The third-order valence-electron chi connectivity index (χ3n) is 3.37. The number of rotatable bonds is 2. The highest BCUT2D eigenvalue weighted by molar-refractivity contribution is 5.87. The molecule has 0 aromatic carbocycles. The van der Waals surface area contributed by atoms with Gasteiger partial charge in [0.2, 0.25) is 5.91 Å². The van der Waals surface area contributed by atoms with Crippen molar-refractivity contribution >= 4 is 11.9 Å². The molecule has 0 spiro atoms. The first-order chi connectivity index (χ1) is 8.50. The number of likely N-dealkylation sites (tertiary alicyclic amines) is 1. The Kier molecular flexibility index (Phi) is 3.36. The number of hydrogen-bond donors (Lipinski definition) is 1. The van der Waals surface area contributed by atoms with Crippen molar-refractivity contribution in [3.05, 3.63) is 17.5 Å². The van der Waals surface area contributed by atoms with Gasteiger partial charge in [0, 0.05) is 25.6 Å². The molecule has 1 aliphatic rings. The molecule has 1 aromatic heterocycles. The molecule has 18 heavy (non-hydrogen) atoms. The number of carbonyl (C=O) groups is 2. The van der Waals surface area contributed by atoms with Gasteiger partial charge in [-0.1, -0.05) is 0 Å². The van der Waals surface area contributed by atoms with E-state index in [1.807, 2.05) is 0 Å². The van der Waals surface area contributed by atoms with E-state index in [1.54, 1.807) is 22.7 Å². The molecule has 1 aromatic rings. The largest absolute Gasteiger partial charge is 0.477 e. The van der Waals surface area contributed by atoms with Gasteiger partial charge in [-0.2, -0.15) is 5.10 Å². The number of aromatic carboxylic acids is 1. The summed E-state index contributed by atoms with van der Waals surface area (Å²) in [5, 5.41) is 13.4. The average molecular weight is 251 g/mol. The highest BCUT2D eigenvalue weighted by Crippen LogP contribution is 2.23. The first-order valence-electron chi connectivity index (χ1n) is 6.03. The van der Waals surface area contributed by atoms with Gasteiger partial charge in [-0.3, -0.25) is 9.48 Å². The summed E-state index contributed by atoms with van der Waals surface area (Å²) in [5.74, 6) is -0.939. The first kappa shape index (κ1) is 12.6. The lowest BCUT2D eigenvalue weighted by Gasteiger charge is -2.32. The molecule has 1 amide bonds. The molecule has 1 saturated heterocycles. The highest BCUT2D eigenvalue weighted by atomic mass is 16.4. The second-order valence-corrected chi connectivity index (χ2v) is 4.69. The Morgan fingerprint density at radius 3 is 2.83 bits per heavy atom. The van der Waals surface area contributed by atoms with E-state index in [0.29, 0.717) is 12.1 Å². The van der Waals surface area contributed by atoms with Gasteiger partial charge in [0.1, 0.15) is 5.69 Å². The summed E-state index contributed by atoms with van der Waals surface area (Å²) < 4.78 is 1.55. The van der Waals surface area contributed by atoms with Gasteiger partial charge in [0.25, 0.3) is 0 Å². The van der Waals surface area contributed by atoms with Crippen molar-refractivity contribution in [2.45, 2.75) is 32.7 Å². The first-order valence-corrected chi connectivity index (χ1v) is 6.03. The van der Waals surface area contributed by atoms with E-state index in [2.05, 4.69) is 5.10 Å². The van der Waals surface area contributed by atoms with Gasteiger partial charge < -0.3 is 10.0 Å². The molecule has 1 atom stereocenters. The molecule has 1 unspecified atom stereocenters. The Hall–Kier alpha value is -1.85. The third-order valence-corrected chi connectivity index (χ3v) is 3.37. The van der Waals surface area contributed by atoms with Gasteiger partial charge in [-0.05, 0) is 19.8 Å². The van der Waals surface area contributed by atoms with Crippen LogP contribution >= 0.6 is 0 Å². The number of piperidine rings is 1. The summed E-state index contributed by atoms with van der Waals surface area (Å²) in [6.07, 6.45) is 3.30. The minimum atomic E-state index is -0.968. The molecule has 98 valence electrons. The molecule has 0 aliphatic carbocycles. The maximum Gasteiger partial charge on any atom is 0.354 e. The summed E-state index contributed by atoms with van der Waals surface area (Å²) >= 11 is 0. The fourth-order valence-corrected chi connectivity index (χ4v) is 2.43. The minimum absolute atomic E-state index is 0.0282. The predicted molar refractivity (Wildman–Crippen MR) is 64.4 cm³/mol. The van der Waals surface area contributed by atoms with E-state index in [9.17, 15) is 14.7 Å². The monoisotopic (exact) mass is 251 g/mol. The number of nitrogens with zero attached hydrogens (tertiary/aromatic N) is 3. The van der Waals surface area contributed by atoms with E-state index in [-0.39, 0.29) is 17.6 Å². The number of aromatic nitrogens is 2. The molecule has 6 heteroatoms. The normalized spacial score (nSPS) is 19.9. The van der Waals surface area contributed by atoms with Gasteiger partial charge in [0.15, 0.2) is 0 Å². The van der Waals surface area contributed by atoms with E-state index < -0.39 is 5.97 Å². The van der Waals surface area contributed by atoms with Crippen molar-refractivity contribution in [3.8, 4) is 0 Å². The zero-order valence-corrected chi connectivity index (χ0v) is 10.6. The number of carboxylic acids is 1.